The van der Waals surface area contributed by atoms with E-state index in [-0.39, 0.29) is 5.82 Å². The molecule has 2 atom stereocenters. The van der Waals surface area contributed by atoms with Gasteiger partial charge in [-0.2, -0.15) is 0 Å². The minimum absolute atomic E-state index is 0.228. The third kappa shape index (κ3) is 2.36. The zero-order chi connectivity index (χ0) is 13.4. The number of thioether (sulfide) groups is 1. The van der Waals surface area contributed by atoms with E-state index in [1.54, 1.807) is 7.11 Å². The number of likely N-dealkylation sites (tertiary alicyclic amines) is 1. The number of rotatable bonds is 3. The zero-order valence-corrected chi connectivity index (χ0v) is 12.3. The third-order valence-electron chi connectivity index (χ3n) is 4.39. The van der Waals surface area contributed by atoms with Gasteiger partial charge >= 0.3 is 0 Å². The molecule has 1 saturated heterocycles. The molecule has 0 spiro atoms. The van der Waals surface area contributed by atoms with E-state index in [0.717, 1.165) is 17.7 Å². The van der Waals surface area contributed by atoms with Crippen LogP contribution in [0.4, 0.5) is 4.39 Å². The number of hydrogen-bond acceptors (Lipinski definition) is 3. The molecule has 0 saturated carbocycles. The molecule has 3 rings (SSSR count). The summed E-state index contributed by atoms with van der Waals surface area (Å²) < 4.78 is 19.2. The van der Waals surface area contributed by atoms with E-state index in [4.69, 9.17) is 4.74 Å². The Morgan fingerprint density at radius 2 is 2.32 bits per heavy atom. The molecule has 0 radical (unpaired) electrons. The Morgan fingerprint density at radius 3 is 3.00 bits per heavy atom. The predicted molar refractivity (Wildman–Crippen MR) is 76.7 cm³/mol. The molecule has 2 nitrogen and oxygen atoms in total. The van der Waals surface area contributed by atoms with Gasteiger partial charge in [-0.1, -0.05) is 0 Å². The molecule has 104 valence electrons. The fourth-order valence-electron chi connectivity index (χ4n) is 3.34. The maximum absolute atomic E-state index is 13.9. The molecule has 2 aliphatic heterocycles. The first-order chi connectivity index (χ1) is 9.20. The van der Waals surface area contributed by atoms with Crippen molar-refractivity contribution in [2.24, 2.45) is 0 Å². The number of nitrogens with zero attached hydrogens (tertiary/aromatic N) is 1. The van der Waals surface area contributed by atoms with Crippen molar-refractivity contribution >= 4 is 11.8 Å². The Morgan fingerprint density at radius 1 is 1.47 bits per heavy atom. The summed E-state index contributed by atoms with van der Waals surface area (Å²) in [6.07, 6.45) is 3.68. The largest absolute Gasteiger partial charge is 0.493 e. The van der Waals surface area contributed by atoms with Crippen LogP contribution in [-0.4, -0.2) is 37.4 Å². The molecule has 1 fully saturated rings. The molecule has 2 aliphatic rings. The van der Waals surface area contributed by atoms with Crippen molar-refractivity contribution in [2.45, 2.75) is 36.1 Å². The van der Waals surface area contributed by atoms with Crippen molar-refractivity contribution < 1.29 is 9.13 Å². The van der Waals surface area contributed by atoms with E-state index in [2.05, 4.69) is 11.9 Å². The summed E-state index contributed by atoms with van der Waals surface area (Å²) >= 11 is 1.83. The van der Waals surface area contributed by atoms with E-state index < -0.39 is 0 Å². The van der Waals surface area contributed by atoms with Crippen LogP contribution in [0, 0.1) is 5.82 Å². The third-order valence-corrected chi connectivity index (χ3v) is 5.62. The van der Waals surface area contributed by atoms with E-state index in [9.17, 15) is 4.39 Å². The SMILES string of the molecule is COc1c(F)ccc2c1[C@H](C[C@H]1CCCN1C)CS2. The van der Waals surface area contributed by atoms with Crippen molar-refractivity contribution in [1.82, 2.24) is 4.90 Å². The minimum atomic E-state index is -0.228. The average Bonchev–Trinajstić information content (AvgIpc) is 2.98. The number of hydrogen-bond donors (Lipinski definition) is 0. The first kappa shape index (κ1) is 13.3. The summed E-state index contributed by atoms with van der Waals surface area (Å²) in [5, 5.41) is 0. The number of halogens is 1. The monoisotopic (exact) mass is 281 g/mol. The Balaban J connectivity index is 1.86. The smallest absolute Gasteiger partial charge is 0.165 e. The van der Waals surface area contributed by atoms with Gasteiger partial charge in [0.1, 0.15) is 0 Å². The fourth-order valence-corrected chi connectivity index (χ4v) is 4.60. The molecular formula is C15H20FNOS. The summed E-state index contributed by atoms with van der Waals surface area (Å²) in [5.41, 5.74) is 1.10. The van der Waals surface area contributed by atoms with Gasteiger partial charge in [-0.15, -0.1) is 11.8 Å². The first-order valence-corrected chi connectivity index (χ1v) is 7.88. The molecule has 1 aromatic carbocycles. The van der Waals surface area contributed by atoms with Gasteiger partial charge in [0.2, 0.25) is 0 Å². The first-order valence-electron chi connectivity index (χ1n) is 6.90. The van der Waals surface area contributed by atoms with E-state index >= 15 is 0 Å². The second-order valence-electron chi connectivity index (χ2n) is 5.51. The minimum Gasteiger partial charge on any atom is -0.493 e. The fraction of sp³-hybridized carbons (Fsp3) is 0.600. The normalized spacial score (nSPS) is 26.7. The van der Waals surface area contributed by atoms with Gasteiger partial charge < -0.3 is 9.64 Å². The molecule has 0 bridgehead atoms. The van der Waals surface area contributed by atoms with Gasteiger partial charge in [0.05, 0.1) is 7.11 Å². The summed E-state index contributed by atoms with van der Waals surface area (Å²) in [4.78, 5) is 3.64. The molecule has 4 heteroatoms. The second-order valence-corrected chi connectivity index (χ2v) is 6.57. The number of fused-ring (bicyclic) bond motifs is 1. The Labute approximate surface area is 118 Å². The standard InChI is InChI=1S/C15H20FNOS/c1-17-7-3-4-11(17)8-10-9-19-13-6-5-12(16)15(18-2)14(10)13/h5-6,10-11H,3-4,7-9H2,1-2H3/t10-,11-/m1/s1. The lowest BCUT2D eigenvalue weighted by atomic mass is 9.92. The lowest BCUT2D eigenvalue weighted by Gasteiger charge is -2.23. The summed E-state index contributed by atoms with van der Waals surface area (Å²) in [7, 11) is 3.77. The second kappa shape index (κ2) is 5.33. The molecule has 0 aromatic heterocycles. The Bertz CT molecular complexity index is 479. The van der Waals surface area contributed by atoms with Gasteiger partial charge in [0.25, 0.3) is 0 Å². The van der Waals surface area contributed by atoms with Crippen LogP contribution in [0.3, 0.4) is 0 Å². The topological polar surface area (TPSA) is 12.5 Å². The van der Waals surface area contributed by atoms with Crippen LogP contribution >= 0.6 is 11.8 Å². The van der Waals surface area contributed by atoms with Crippen molar-refractivity contribution in [3.8, 4) is 5.75 Å². The predicted octanol–water partition coefficient (Wildman–Crippen LogP) is 3.51. The summed E-state index contributed by atoms with van der Waals surface area (Å²) in [5.74, 6) is 1.72. The van der Waals surface area contributed by atoms with Crippen LogP contribution in [0.1, 0.15) is 30.7 Å². The maximum atomic E-state index is 13.9. The van der Waals surface area contributed by atoms with E-state index in [1.165, 1.54) is 30.3 Å². The van der Waals surface area contributed by atoms with Gasteiger partial charge in [-0.25, -0.2) is 4.39 Å². The number of methoxy groups -OCH3 is 1. The van der Waals surface area contributed by atoms with Crippen molar-refractivity contribution in [3.05, 3.63) is 23.5 Å². The molecule has 2 heterocycles. The van der Waals surface area contributed by atoms with Crippen LogP contribution in [0.15, 0.2) is 17.0 Å². The molecule has 1 aromatic rings. The molecule has 0 N–H and O–H groups in total. The zero-order valence-electron chi connectivity index (χ0n) is 11.5. The van der Waals surface area contributed by atoms with Gasteiger partial charge in [-0.05, 0) is 50.9 Å². The lowest BCUT2D eigenvalue weighted by molar-refractivity contribution is 0.283. The molecule has 0 aliphatic carbocycles. The van der Waals surface area contributed by atoms with Gasteiger partial charge in [0.15, 0.2) is 11.6 Å². The van der Waals surface area contributed by atoms with Crippen LogP contribution in [-0.2, 0) is 0 Å². The summed E-state index contributed by atoms with van der Waals surface area (Å²) in [6.45, 7) is 1.19. The van der Waals surface area contributed by atoms with Crippen molar-refractivity contribution in [3.63, 3.8) is 0 Å². The Kier molecular flexibility index (Phi) is 3.72. The highest BCUT2D eigenvalue weighted by Gasteiger charge is 2.33. The van der Waals surface area contributed by atoms with Crippen LogP contribution in [0.5, 0.6) is 5.75 Å². The lowest BCUT2D eigenvalue weighted by Crippen LogP contribution is -2.26. The molecule has 0 amide bonds. The van der Waals surface area contributed by atoms with Gasteiger partial charge in [0, 0.05) is 22.3 Å². The number of ether oxygens (including phenoxy) is 1. The highest BCUT2D eigenvalue weighted by atomic mass is 32.2. The quantitative estimate of drug-likeness (QED) is 0.841. The van der Waals surface area contributed by atoms with Gasteiger partial charge in [-0.3, -0.25) is 0 Å². The highest BCUT2D eigenvalue weighted by molar-refractivity contribution is 7.99. The molecule has 0 unspecified atom stereocenters. The molecule has 19 heavy (non-hydrogen) atoms. The van der Waals surface area contributed by atoms with Crippen LogP contribution in [0.25, 0.3) is 0 Å². The average molecular weight is 281 g/mol. The van der Waals surface area contributed by atoms with Crippen LogP contribution < -0.4 is 4.74 Å². The van der Waals surface area contributed by atoms with E-state index in [0.29, 0.717) is 17.7 Å². The van der Waals surface area contributed by atoms with E-state index in [1.807, 2.05) is 17.8 Å². The summed E-state index contributed by atoms with van der Waals surface area (Å²) in [6, 6.07) is 4.06. The Hall–Kier alpha value is -0.740. The maximum Gasteiger partial charge on any atom is 0.165 e. The van der Waals surface area contributed by atoms with Crippen LogP contribution in [0.2, 0.25) is 0 Å². The highest BCUT2D eigenvalue weighted by Crippen LogP contribution is 2.48. The number of benzene rings is 1. The molecular weight excluding hydrogens is 261 g/mol. The van der Waals surface area contributed by atoms with Crippen molar-refractivity contribution in [2.75, 3.05) is 26.5 Å². The van der Waals surface area contributed by atoms with Crippen molar-refractivity contribution in [1.29, 1.82) is 0 Å².